The zero-order valence-electron chi connectivity index (χ0n) is 17.0. The Bertz CT molecular complexity index is 930. The molecule has 2 aromatic heterocycles. The normalized spacial score (nSPS) is 15.5. The summed E-state index contributed by atoms with van der Waals surface area (Å²) in [6.07, 6.45) is 2.22. The number of carbonyl (C=O) groups excluding carboxylic acids is 2. The number of thiazole rings is 1. The van der Waals surface area contributed by atoms with Crippen LogP contribution in [0.3, 0.4) is 0 Å². The largest absolute Gasteiger partial charge is 0.453 e. The number of hydrogen-bond acceptors (Lipinski definition) is 9. The number of amides is 1. The summed E-state index contributed by atoms with van der Waals surface area (Å²) in [5.41, 5.74) is 8.60. The lowest BCUT2D eigenvalue weighted by molar-refractivity contribution is -0.194. The SMILES string of the molecule is CCCN(C(=O)OOC(=O)c1nc(C)c(C)nc1C)[C@H]1CCc2nc(N)sc2C1. The summed E-state index contributed by atoms with van der Waals surface area (Å²) in [5, 5.41) is 0.541. The van der Waals surface area contributed by atoms with Crippen LogP contribution < -0.4 is 5.73 Å². The minimum Gasteiger partial charge on any atom is -0.375 e. The van der Waals surface area contributed by atoms with Gasteiger partial charge in [0.05, 0.1) is 22.8 Å². The van der Waals surface area contributed by atoms with E-state index in [1.165, 1.54) is 11.3 Å². The monoisotopic (exact) mass is 419 g/mol. The highest BCUT2D eigenvalue weighted by Gasteiger charge is 2.31. The van der Waals surface area contributed by atoms with E-state index < -0.39 is 12.1 Å². The quantitative estimate of drug-likeness (QED) is 0.593. The number of fused-ring (bicyclic) bond motifs is 1. The molecule has 0 saturated carbocycles. The fourth-order valence-corrected chi connectivity index (χ4v) is 4.33. The molecule has 1 aliphatic carbocycles. The van der Waals surface area contributed by atoms with Gasteiger partial charge in [-0.25, -0.2) is 29.3 Å². The van der Waals surface area contributed by atoms with Crippen molar-refractivity contribution < 1.29 is 19.4 Å². The van der Waals surface area contributed by atoms with Crippen LogP contribution in [0.25, 0.3) is 0 Å². The van der Waals surface area contributed by atoms with Gasteiger partial charge in [-0.1, -0.05) is 6.92 Å². The summed E-state index contributed by atoms with van der Waals surface area (Å²) >= 11 is 1.45. The van der Waals surface area contributed by atoms with Crippen LogP contribution in [0.5, 0.6) is 0 Å². The summed E-state index contributed by atoms with van der Waals surface area (Å²) in [6, 6.07) is -0.0587. The Hall–Kier alpha value is -2.75. The first kappa shape index (κ1) is 21.0. The van der Waals surface area contributed by atoms with Gasteiger partial charge in [0.15, 0.2) is 10.8 Å². The highest BCUT2D eigenvalue weighted by atomic mass is 32.1. The molecular formula is C19H25N5O4S. The van der Waals surface area contributed by atoms with Crippen molar-refractivity contribution in [3.05, 3.63) is 33.3 Å². The summed E-state index contributed by atoms with van der Waals surface area (Å²) < 4.78 is 0. The van der Waals surface area contributed by atoms with Crippen molar-refractivity contribution in [2.24, 2.45) is 0 Å². The van der Waals surface area contributed by atoms with Gasteiger partial charge < -0.3 is 10.6 Å². The first-order valence-corrected chi connectivity index (χ1v) is 10.4. The molecular weight excluding hydrogens is 394 g/mol. The Balaban J connectivity index is 1.66. The van der Waals surface area contributed by atoms with Crippen molar-refractivity contribution in [3.63, 3.8) is 0 Å². The molecule has 0 fully saturated rings. The average molecular weight is 420 g/mol. The second-order valence-electron chi connectivity index (χ2n) is 7.06. The molecule has 156 valence electrons. The predicted octanol–water partition coefficient (Wildman–Crippen LogP) is 2.92. The van der Waals surface area contributed by atoms with Crippen molar-refractivity contribution in [2.45, 2.75) is 59.4 Å². The van der Waals surface area contributed by atoms with Gasteiger partial charge in [-0.05, 0) is 40.0 Å². The number of nitrogens with zero attached hydrogens (tertiary/aromatic N) is 4. The molecule has 1 aliphatic rings. The summed E-state index contributed by atoms with van der Waals surface area (Å²) in [7, 11) is 0. The molecule has 0 bridgehead atoms. The van der Waals surface area contributed by atoms with Gasteiger partial charge in [0, 0.05) is 23.9 Å². The third-order valence-electron chi connectivity index (χ3n) is 4.93. The van der Waals surface area contributed by atoms with Crippen LogP contribution in [0.4, 0.5) is 9.93 Å². The maximum absolute atomic E-state index is 12.6. The van der Waals surface area contributed by atoms with Crippen LogP contribution >= 0.6 is 11.3 Å². The molecule has 9 nitrogen and oxygen atoms in total. The van der Waals surface area contributed by atoms with E-state index in [0.29, 0.717) is 29.5 Å². The third kappa shape index (κ3) is 4.64. The first-order valence-electron chi connectivity index (χ1n) is 9.55. The topological polar surface area (TPSA) is 121 Å². The van der Waals surface area contributed by atoms with Gasteiger partial charge in [0.25, 0.3) is 0 Å². The van der Waals surface area contributed by atoms with Crippen LogP contribution in [0, 0.1) is 20.8 Å². The van der Waals surface area contributed by atoms with E-state index in [1.54, 1.807) is 25.7 Å². The van der Waals surface area contributed by atoms with E-state index in [0.717, 1.165) is 35.5 Å². The van der Waals surface area contributed by atoms with Crippen molar-refractivity contribution in [1.29, 1.82) is 0 Å². The standard InChI is InChI=1S/C19H25N5O4S/c1-5-8-24(13-6-7-14-15(9-13)29-18(20)23-14)19(26)28-27-17(25)16-12(4)21-10(2)11(3)22-16/h13H,5-9H2,1-4H3,(H2,20,23)/t13-/m0/s1. The molecule has 2 N–H and O–H groups in total. The molecule has 10 heteroatoms. The molecule has 0 saturated heterocycles. The molecule has 3 rings (SSSR count). The van der Waals surface area contributed by atoms with Crippen LogP contribution in [-0.4, -0.2) is 44.5 Å². The van der Waals surface area contributed by atoms with Crippen molar-refractivity contribution in [2.75, 3.05) is 12.3 Å². The second kappa shape index (κ2) is 8.73. The van der Waals surface area contributed by atoms with Crippen LogP contribution in [0.2, 0.25) is 0 Å². The Morgan fingerprint density at radius 2 is 1.86 bits per heavy atom. The van der Waals surface area contributed by atoms with Crippen molar-refractivity contribution >= 4 is 28.5 Å². The summed E-state index contributed by atoms with van der Waals surface area (Å²) in [4.78, 5) is 50.1. The summed E-state index contributed by atoms with van der Waals surface area (Å²) in [6.45, 7) is 7.67. The number of hydrogen-bond donors (Lipinski definition) is 1. The zero-order valence-corrected chi connectivity index (χ0v) is 17.8. The minimum absolute atomic E-state index is 0.0328. The van der Waals surface area contributed by atoms with Gasteiger partial charge >= 0.3 is 12.1 Å². The molecule has 0 aromatic carbocycles. The number of rotatable bonds is 4. The first-order chi connectivity index (χ1) is 13.8. The number of nitrogens with two attached hydrogens (primary N) is 1. The minimum atomic E-state index is -0.843. The maximum Gasteiger partial charge on any atom is 0.453 e. The molecule has 2 aromatic rings. The van der Waals surface area contributed by atoms with Crippen molar-refractivity contribution in [3.8, 4) is 0 Å². The molecule has 0 spiro atoms. The van der Waals surface area contributed by atoms with Crippen LogP contribution in [0.15, 0.2) is 0 Å². The maximum atomic E-state index is 12.6. The number of carbonyl (C=O) groups is 2. The molecule has 0 unspecified atom stereocenters. The Labute approximate surface area is 173 Å². The highest BCUT2D eigenvalue weighted by Crippen LogP contribution is 2.30. The smallest absolute Gasteiger partial charge is 0.375 e. The second-order valence-corrected chi connectivity index (χ2v) is 8.18. The Kier molecular flexibility index (Phi) is 6.31. The molecule has 29 heavy (non-hydrogen) atoms. The molecule has 1 amide bonds. The average Bonchev–Trinajstić information content (AvgIpc) is 3.05. The Morgan fingerprint density at radius 1 is 1.14 bits per heavy atom. The molecule has 0 aliphatic heterocycles. The molecule has 1 atom stereocenters. The lowest BCUT2D eigenvalue weighted by Gasteiger charge is -2.32. The van der Waals surface area contributed by atoms with Gasteiger partial charge in [0.1, 0.15) is 0 Å². The number of anilines is 1. The van der Waals surface area contributed by atoms with E-state index in [4.69, 9.17) is 15.5 Å². The Morgan fingerprint density at radius 3 is 2.59 bits per heavy atom. The van der Waals surface area contributed by atoms with E-state index in [9.17, 15) is 9.59 Å². The fraction of sp³-hybridized carbons (Fsp3) is 0.526. The van der Waals surface area contributed by atoms with Gasteiger partial charge in [-0.2, -0.15) is 0 Å². The van der Waals surface area contributed by atoms with Crippen LogP contribution in [0.1, 0.15) is 57.9 Å². The van der Waals surface area contributed by atoms with Gasteiger partial charge in [-0.15, -0.1) is 11.3 Å². The third-order valence-corrected chi connectivity index (χ3v) is 5.88. The molecule has 2 heterocycles. The van der Waals surface area contributed by atoms with E-state index >= 15 is 0 Å². The van der Waals surface area contributed by atoms with E-state index in [2.05, 4.69) is 15.0 Å². The number of aryl methyl sites for hydroxylation is 4. The fourth-order valence-electron chi connectivity index (χ4n) is 3.38. The van der Waals surface area contributed by atoms with Gasteiger partial charge in [0.2, 0.25) is 0 Å². The highest BCUT2D eigenvalue weighted by molar-refractivity contribution is 7.15. The van der Waals surface area contributed by atoms with Gasteiger partial charge in [-0.3, -0.25) is 4.98 Å². The number of aromatic nitrogens is 3. The van der Waals surface area contributed by atoms with E-state index in [-0.39, 0.29) is 11.7 Å². The number of nitrogen functional groups attached to an aromatic ring is 1. The van der Waals surface area contributed by atoms with Crippen molar-refractivity contribution in [1.82, 2.24) is 19.9 Å². The lowest BCUT2D eigenvalue weighted by Crippen LogP contribution is -2.44. The summed E-state index contributed by atoms with van der Waals surface area (Å²) in [5.74, 6) is -0.843. The zero-order chi connectivity index (χ0) is 21.1. The van der Waals surface area contributed by atoms with Crippen LogP contribution in [-0.2, 0) is 22.6 Å². The predicted molar refractivity (Wildman–Crippen MR) is 107 cm³/mol. The van der Waals surface area contributed by atoms with E-state index in [1.807, 2.05) is 6.92 Å². The lowest BCUT2D eigenvalue weighted by atomic mass is 9.96. The molecule has 0 radical (unpaired) electrons.